The Balaban J connectivity index is 1.61. The summed E-state index contributed by atoms with van der Waals surface area (Å²) in [4.78, 5) is 1.48. The normalized spacial score (nSPS) is 22.3. The van der Waals surface area contributed by atoms with Gasteiger partial charge >= 0.3 is 167 Å². The van der Waals surface area contributed by atoms with Gasteiger partial charge in [0.2, 0.25) is 0 Å². The fourth-order valence-electron chi connectivity index (χ4n) is 2.78. The van der Waals surface area contributed by atoms with Crippen LogP contribution in [0, 0.1) is 0 Å². The van der Waals surface area contributed by atoms with E-state index in [1.165, 1.54) is 4.91 Å². The molecule has 0 nitrogen and oxygen atoms in total. The second kappa shape index (κ2) is 8.70. The third-order valence-corrected chi connectivity index (χ3v) is 38.4. The molecular formula is C20H20GeS4. The van der Waals surface area contributed by atoms with Crippen LogP contribution in [0.5, 0.6) is 0 Å². The minimum absolute atomic E-state index is 0.530. The molecule has 0 aromatic carbocycles. The Kier molecular flexibility index (Phi) is 6.35. The quantitative estimate of drug-likeness (QED) is 0.370. The molecule has 4 aliphatic rings. The molecule has 0 atom stereocenters. The Morgan fingerprint density at radius 2 is 1.12 bits per heavy atom. The zero-order valence-corrected chi connectivity index (χ0v) is 19.1. The summed E-state index contributed by atoms with van der Waals surface area (Å²) in [5, 5.41) is 1.59. The topological polar surface area (TPSA) is 0 Å². The van der Waals surface area contributed by atoms with E-state index in [-0.39, 0.29) is 0 Å². The molecule has 0 unspecified atom stereocenters. The molecule has 0 bridgehead atoms. The fraction of sp³-hybridized carbons (Fsp3) is 0.200. The van der Waals surface area contributed by atoms with Crippen LogP contribution in [0.3, 0.4) is 0 Å². The van der Waals surface area contributed by atoms with Crippen molar-refractivity contribution in [1.29, 1.82) is 0 Å². The van der Waals surface area contributed by atoms with Crippen LogP contribution in [-0.2, 0) is 0 Å². The van der Waals surface area contributed by atoms with E-state index in [1.807, 2.05) is 0 Å². The third-order valence-electron chi connectivity index (χ3n) is 3.96. The Bertz CT molecular complexity index is 629. The molecule has 0 N–H and O–H groups in total. The molecule has 0 spiro atoms. The number of allylic oxidation sites excluding steroid dienone is 9. The van der Waals surface area contributed by atoms with E-state index in [0.29, 0.717) is 15.7 Å². The second-order valence-electron chi connectivity index (χ2n) is 5.90. The molecule has 0 aliphatic heterocycles. The van der Waals surface area contributed by atoms with Crippen molar-refractivity contribution in [3.05, 3.63) is 96.0 Å². The molecule has 0 saturated heterocycles. The van der Waals surface area contributed by atoms with Crippen LogP contribution < -0.4 is 0 Å². The van der Waals surface area contributed by atoms with Gasteiger partial charge in [0.15, 0.2) is 0 Å². The van der Waals surface area contributed by atoms with Gasteiger partial charge in [-0.15, -0.1) is 0 Å². The Hall–Kier alpha value is -0.137. The zero-order valence-electron chi connectivity index (χ0n) is 13.7. The summed E-state index contributed by atoms with van der Waals surface area (Å²) >= 11 is 0. The molecule has 0 heterocycles. The Labute approximate surface area is 166 Å². The average Bonchev–Trinajstić information content (AvgIpc) is 3.37. The molecule has 0 fully saturated rings. The van der Waals surface area contributed by atoms with Crippen molar-refractivity contribution in [1.82, 2.24) is 0 Å². The first-order chi connectivity index (χ1) is 12.3. The van der Waals surface area contributed by atoms with Gasteiger partial charge < -0.3 is 0 Å². The van der Waals surface area contributed by atoms with Gasteiger partial charge in [-0.1, -0.05) is 0 Å². The summed E-state index contributed by atoms with van der Waals surface area (Å²) in [6.07, 6.45) is 35.4. The fourth-order valence-corrected chi connectivity index (χ4v) is 44.7. The molecule has 4 aliphatic carbocycles. The molecule has 0 saturated carbocycles. The second-order valence-corrected chi connectivity index (χ2v) is 37.5. The first kappa shape index (κ1) is 18.2. The van der Waals surface area contributed by atoms with Gasteiger partial charge in [0.25, 0.3) is 0 Å². The molecule has 25 heavy (non-hydrogen) atoms. The van der Waals surface area contributed by atoms with Crippen LogP contribution in [0.15, 0.2) is 96.0 Å². The van der Waals surface area contributed by atoms with E-state index < -0.39 is 8.70 Å². The predicted molar refractivity (Wildman–Crippen MR) is 124 cm³/mol. The van der Waals surface area contributed by atoms with Crippen LogP contribution in [0.4, 0.5) is 0 Å². The van der Waals surface area contributed by atoms with Crippen molar-refractivity contribution < 1.29 is 0 Å². The first-order valence-corrected chi connectivity index (χ1v) is 22.2. The summed E-state index contributed by atoms with van der Waals surface area (Å²) in [6.45, 7) is 0. The molecule has 5 heteroatoms. The third kappa shape index (κ3) is 4.98. The van der Waals surface area contributed by atoms with Gasteiger partial charge in [0.1, 0.15) is 0 Å². The Morgan fingerprint density at radius 3 is 1.48 bits per heavy atom. The summed E-state index contributed by atoms with van der Waals surface area (Å²) in [6, 6.07) is 0. The van der Waals surface area contributed by atoms with Crippen molar-refractivity contribution in [2.24, 2.45) is 0 Å². The summed E-state index contributed by atoms with van der Waals surface area (Å²) < 4.78 is 0. The van der Waals surface area contributed by atoms with Crippen LogP contribution in [0.1, 0.15) is 6.42 Å². The van der Waals surface area contributed by atoms with Crippen LogP contribution >= 0.6 is 40.3 Å². The van der Waals surface area contributed by atoms with E-state index in [1.54, 1.807) is 0 Å². The van der Waals surface area contributed by atoms with E-state index >= 15 is 0 Å². The Morgan fingerprint density at radius 1 is 0.680 bits per heavy atom. The van der Waals surface area contributed by atoms with E-state index in [9.17, 15) is 0 Å². The minimum atomic E-state index is -2.45. The van der Waals surface area contributed by atoms with Crippen molar-refractivity contribution >= 4 is 49.0 Å². The number of hydrogen-bond donors (Lipinski definition) is 0. The maximum atomic E-state index is 2.40. The van der Waals surface area contributed by atoms with E-state index in [2.05, 4.69) is 131 Å². The van der Waals surface area contributed by atoms with Crippen molar-refractivity contribution in [2.75, 3.05) is 0 Å². The molecule has 0 aromatic heterocycles. The molecule has 0 radical (unpaired) electrons. The van der Waals surface area contributed by atoms with Gasteiger partial charge in [0, 0.05) is 0 Å². The molecular weight excluding hydrogens is 441 g/mol. The SMILES string of the molecule is C1=CC([S][Ge]([S]C2=CCC=C2)([S]C2C=CC=C2)[S]C2C=CC=C2)C=C1. The van der Waals surface area contributed by atoms with Gasteiger partial charge in [-0.25, -0.2) is 0 Å². The van der Waals surface area contributed by atoms with Crippen LogP contribution in [0.2, 0.25) is 0 Å². The molecule has 4 rings (SSSR count). The van der Waals surface area contributed by atoms with E-state index in [4.69, 9.17) is 0 Å². The van der Waals surface area contributed by atoms with Gasteiger partial charge in [-0.3, -0.25) is 0 Å². The van der Waals surface area contributed by atoms with Gasteiger partial charge in [-0.2, -0.15) is 0 Å². The van der Waals surface area contributed by atoms with Crippen molar-refractivity contribution in [3.63, 3.8) is 0 Å². The van der Waals surface area contributed by atoms with Crippen molar-refractivity contribution in [2.45, 2.75) is 22.2 Å². The molecule has 128 valence electrons. The molecule has 0 aromatic rings. The number of rotatable bonds is 8. The summed E-state index contributed by atoms with van der Waals surface area (Å²) in [5.74, 6) is 0. The standard InChI is InChI=1S/C20H20GeS4/c1-2-10-17(9-1)22-21(23-18-11-3-4-12-18,24-19-13-5-6-14-19)25-20-15-7-8-16-20/h1-7,9-19H,8H2. The van der Waals surface area contributed by atoms with Crippen molar-refractivity contribution in [3.8, 4) is 0 Å². The van der Waals surface area contributed by atoms with Gasteiger partial charge in [-0.05, 0) is 0 Å². The monoisotopic (exact) mass is 462 g/mol. The van der Waals surface area contributed by atoms with Crippen LogP contribution in [0.25, 0.3) is 0 Å². The maximum absolute atomic E-state index is 2.45. The summed E-state index contributed by atoms with van der Waals surface area (Å²) in [5.41, 5.74) is 0. The van der Waals surface area contributed by atoms with Gasteiger partial charge in [0.05, 0.1) is 0 Å². The number of hydrogen-bond acceptors (Lipinski definition) is 4. The van der Waals surface area contributed by atoms with E-state index in [0.717, 1.165) is 6.42 Å². The predicted octanol–water partition coefficient (Wildman–Crippen LogP) is 6.68. The average molecular weight is 461 g/mol. The molecule has 0 amide bonds. The van der Waals surface area contributed by atoms with Crippen LogP contribution in [-0.4, -0.2) is 24.4 Å². The first-order valence-electron chi connectivity index (χ1n) is 8.45. The zero-order chi connectivity index (χ0) is 17.0. The summed E-state index contributed by atoms with van der Waals surface area (Å²) in [7, 11) is 6.52.